The summed E-state index contributed by atoms with van der Waals surface area (Å²) in [5.41, 5.74) is 7.18. The Morgan fingerprint density at radius 2 is 1.74 bits per heavy atom. The van der Waals surface area contributed by atoms with Gasteiger partial charge >= 0.3 is 0 Å². The van der Waals surface area contributed by atoms with Crippen molar-refractivity contribution in [1.29, 1.82) is 0 Å². The quantitative estimate of drug-likeness (QED) is 0.910. The summed E-state index contributed by atoms with van der Waals surface area (Å²) in [7, 11) is 0. The van der Waals surface area contributed by atoms with Gasteiger partial charge in [0, 0.05) is 45.1 Å². The summed E-state index contributed by atoms with van der Waals surface area (Å²) in [4.78, 5) is 16.6. The van der Waals surface area contributed by atoms with Crippen molar-refractivity contribution in [2.24, 2.45) is 11.7 Å². The molecule has 126 valence electrons. The van der Waals surface area contributed by atoms with E-state index in [9.17, 15) is 9.18 Å². The summed E-state index contributed by atoms with van der Waals surface area (Å²) in [5, 5.41) is 0. The van der Waals surface area contributed by atoms with E-state index < -0.39 is 6.04 Å². The molecule has 1 aromatic rings. The van der Waals surface area contributed by atoms with Gasteiger partial charge in [-0.15, -0.1) is 0 Å². The zero-order chi connectivity index (χ0) is 16.2. The van der Waals surface area contributed by atoms with Gasteiger partial charge in [0.2, 0.25) is 5.91 Å². The Morgan fingerprint density at radius 1 is 1.13 bits per heavy atom. The first-order valence-electron chi connectivity index (χ1n) is 8.28. The van der Waals surface area contributed by atoms with Gasteiger partial charge in [0.15, 0.2) is 0 Å². The molecule has 1 unspecified atom stereocenters. The minimum absolute atomic E-state index is 0.0515. The van der Waals surface area contributed by atoms with E-state index in [2.05, 4.69) is 4.90 Å². The predicted octanol–water partition coefficient (Wildman–Crippen LogP) is 1.23. The van der Waals surface area contributed by atoms with Gasteiger partial charge in [-0.3, -0.25) is 4.79 Å². The fraction of sp³-hybridized carbons (Fsp3) is 0.588. The molecule has 2 saturated heterocycles. The number of nitrogens with two attached hydrogens (primary N) is 1. The Kier molecular flexibility index (Phi) is 5.13. The van der Waals surface area contributed by atoms with Crippen molar-refractivity contribution in [2.75, 3.05) is 44.3 Å². The van der Waals surface area contributed by atoms with Crippen molar-refractivity contribution in [2.45, 2.75) is 18.9 Å². The molecule has 1 atom stereocenters. The van der Waals surface area contributed by atoms with Crippen LogP contribution < -0.4 is 10.6 Å². The third-order valence-corrected chi connectivity index (χ3v) is 4.84. The van der Waals surface area contributed by atoms with E-state index in [1.54, 1.807) is 12.1 Å². The number of hydrogen-bond donors (Lipinski definition) is 1. The highest BCUT2D eigenvalue weighted by atomic mass is 19.1. The van der Waals surface area contributed by atoms with E-state index in [0.29, 0.717) is 26.3 Å². The van der Waals surface area contributed by atoms with E-state index in [0.717, 1.165) is 31.6 Å². The predicted molar refractivity (Wildman–Crippen MR) is 86.7 cm³/mol. The number of anilines is 1. The summed E-state index contributed by atoms with van der Waals surface area (Å²) in [6.07, 6.45) is 1.73. The Morgan fingerprint density at radius 3 is 2.35 bits per heavy atom. The number of ether oxygens (including phenoxy) is 1. The van der Waals surface area contributed by atoms with Gasteiger partial charge in [-0.2, -0.15) is 0 Å². The standard InChI is InChI=1S/C17H24FN3O2/c18-14-1-3-15(4-2-14)20-7-9-21(10-8-20)17(22)16(19)13-5-11-23-12-6-13/h1-4,13,16H,5-12,19H2. The van der Waals surface area contributed by atoms with Gasteiger partial charge in [0.1, 0.15) is 5.82 Å². The number of amides is 1. The van der Waals surface area contributed by atoms with Crippen molar-refractivity contribution >= 4 is 11.6 Å². The second kappa shape index (κ2) is 7.27. The smallest absolute Gasteiger partial charge is 0.239 e. The molecule has 2 N–H and O–H groups in total. The van der Waals surface area contributed by atoms with E-state index in [4.69, 9.17) is 10.5 Å². The zero-order valence-corrected chi connectivity index (χ0v) is 13.3. The highest BCUT2D eigenvalue weighted by Crippen LogP contribution is 2.21. The first-order valence-corrected chi connectivity index (χ1v) is 8.28. The van der Waals surface area contributed by atoms with Crippen LogP contribution in [0, 0.1) is 11.7 Å². The molecule has 1 aromatic carbocycles. The molecular weight excluding hydrogens is 297 g/mol. The average molecular weight is 321 g/mol. The number of benzene rings is 1. The van der Waals surface area contributed by atoms with E-state index >= 15 is 0 Å². The molecule has 0 bridgehead atoms. The van der Waals surface area contributed by atoms with Crippen LogP contribution in [0.4, 0.5) is 10.1 Å². The average Bonchev–Trinajstić information content (AvgIpc) is 2.62. The van der Waals surface area contributed by atoms with Crippen LogP contribution in [0.25, 0.3) is 0 Å². The van der Waals surface area contributed by atoms with Gasteiger partial charge in [-0.25, -0.2) is 4.39 Å². The number of nitrogens with zero attached hydrogens (tertiary/aromatic N) is 2. The lowest BCUT2D eigenvalue weighted by Crippen LogP contribution is -2.55. The van der Waals surface area contributed by atoms with E-state index in [1.165, 1.54) is 12.1 Å². The molecule has 23 heavy (non-hydrogen) atoms. The fourth-order valence-electron chi connectivity index (χ4n) is 3.32. The van der Waals surface area contributed by atoms with Crippen molar-refractivity contribution in [1.82, 2.24) is 4.90 Å². The fourth-order valence-corrected chi connectivity index (χ4v) is 3.32. The number of rotatable bonds is 3. The number of carbonyl (C=O) groups is 1. The number of halogens is 1. The number of hydrogen-bond acceptors (Lipinski definition) is 4. The van der Waals surface area contributed by atoms with Gasteiger partial charge in [0.25, 0.3) is 0 Å². The Bertz CT molecular complexity index is 523. The molecule has 0 saturated carbocycles. The zero-order valence-electron chi connectivity index (χ0n) is 13.3. The Labute approximate surface area is 136 Å². The number of carbonyl (C=O) groups excluding carboxylic acids is 1. The molecule has 0 aromatic heterocycles. The second-order valence-corrected chi connectivity index (χ2v) is 6.26. The van der Waals surface area contributed by atoms with Crippen LogP contribution in [0.3, 0.4) is 0 Å². The summed E-state index contributed by atoms with van der Waals surface area (Å²) < 4.78 is 18.3. The summed E-state index contributed by atoms with van der Waals surface area (Å²) in [5.74, 6) is 0.0482. The molecule has 2 heterocycles. The molecule has 2 fully saturated rings. The largest absolute Gasteiger partial charge is 0.381 e. The third kappa shape index (κ3) is 3.82. The first kappa shape index (κ1) is 16.2. The molecule has 2 aliphatic heterocycles. The van der Waals surface area contributed by atoms with Crippen LogP contribution in [-0.4, -0.2) is 56.2 Å². The molecule has 0 spiro atoms. The van der Waals surface area contributed by atoms with Crippen molar-refractivity contribution < 1.29 is 13.9 Å². The van der Waals surface area contributed by atoms with Gasteiger partial charge in [-0.05, 0) is 43.0 Å². The van der Waals surface area contributed by atoms with Crippen LogP contribution in [0.1, 0.15) is 12.8 Å². The van der Waals surface area contributed by atoms with E-state index in [-0.39, 0.29) is 17.6 Å². The lowest BCUT2D eigenvalue weighted by molar-refractivity contribution is -0.135. The monoisotopic (exact) mass is 321 g/mol. The van der Waals surface area contributed by atoms with E-state index in [1.807, 2.05) is 4.90 Å². The maximum atomic E-state index is 13.0. The Hall–Kier alpha value is -1.66. The first-order chi connectivity index (χ1) is 11.1. The van der Waals surface area contributed by atoms with Crippen LogP contribution in [0.2, 0.25) is 0 Å². The molecule has 3 rings (SSSR count). The SMILES string of the molecule is NC(C(=O)N1CCN(c2ccc(F)cc2)CC1)C1CCOCC1. The second-order valence-electron chi connectivity index (χ2n) is 6.26. The minimum atomic E-state index is -0.420. The highest BCUT2D eigenvalue weighted by molar-refractivity contribution is 5.82. The topological polar surface area (TPSA) is 58.8 Å². The van der Waals surface area contributed by atoms with Crippen LogP contribution in [0.15, 0.2) is 24.3 Å². The van der Waals surface area contributed by atoms with Gasteiger partial charge < -0.3 is 20.3 Å². The van der Waals surface area contributed by atoms with Crippen molar-refractivity contribution in [3.05, 3.63) is 30.1 Å². The molecule has 0 aliphatic carbocycles. The van der Waals surface area contributed by atoms with Gasteiger partial charge in [-0.1, -0.05) is 0 Å². The summed E-state index contributed by atoms with van der Waals surface area (Å²) in [6, 6.07) is 6.07. The maximum Gasteiger partial charge on any atom is 0.239 e. The summed E-state index contributed by atoms with van der Waals surface area (Å²) in [6.45, 7) is 4.21. The molecular formula is C17H24FN3O2. The molecule has 5 nitrogen and oxygen atoms in total. The molecule has 6 heteroatoms. The number of piperazine rings is 1. The highest BCUT2D eigenvalue weighted by Gasteiger charge is 2.31. The summed E-state index contributed by atoms with van der Waals surface area (Å²) >= 11 is 0. The van der Waals surface area contributed by atoms with Crippen LogP contribution in [0.5, 0.6) is 0 Å². The van der Waals surface area contributed by atoms with Crippen LogP contribution >= 0.6 is 0 Å². The van der Waals surface area contributed by atoms with Gasteiger partial charge in [0.05, 0.1) is 6.04 Å². The van der Waals surface area contributed by atoms with Crippen molar-refractivity contribution in [3.8, 4) is 0 Å². The minimum Gasteiger partial charge on any atom is -0.381 e. The molecule has 2 aliphatic rings. The normalized spacial score (nSPS) is 21.3. The van der Waals surface area contributed by atoms with Crippen LogP contribution in [-0.2, 0) is 9.53 Å². The molecule has 1 amide bonds. The third-order valence-electron chi connectivity index (χ3n) is 4.84. The van der Waals surface area contributed by atoms with Crippen molar-refractivity contribution in [3.63, 3.8) is 0 Å². The lowest BCUT2D eigenvalue weighted by atomic mass is 9.91. The Balaban J connectivity index is 1.53. The molecule has 0 radical (unpaired) electrons. The lowest BCUT2D eigenvalue weighted by Gasteiger charge is -2.38. The maximum absolute atomic E-state index is 13.0.